The number of para-hydroxylation sites is 1. The van der Waals surface area contributed by atoms with Crippen molar-refractivity contribution < 1.29 is 9.53 Å². The maximum atomic E-state index is 12.0. The van der Waals surface area contributed by atoms with E-state index in [1.165, 1.54) is 7.11 Å². The van der Waals surface area contributed by atoms with E-state index in [4.69, 9.17) is 4.74 Å². The number of nitrogens with one attached hydrogen (secondary N) is 2. The van der Waals surface area contributed by atoms with Crippen molar-refractivity contribution in [3.05, 3.63) is 66.2 Å². The molecule has 1 aromatic heterocycles. The Balaban J connectivity index is 2.01. The van der Waals surface area contributed by atoms with Crippen LogP contribution in [-0.2, 0) is 4.74 Å². The van der Waals surface area contributed by atoms with E-state index in [9.17, 15) is 4.79 Å². The van der Waals surface area contributed by atoms with Crippen LogP contribution in [0, 0.1) is 0 Å². The molecular weight excluding hydrogens is 352 g/mol. The second-order valence-electron chi connectivity index (χ2n) is 6.44. The van der Waals surface area contributed by atoms with Crippen molar-refractivity contribution in [2.45, 2.75) is 26.3 Å². The van der Waals surface area contributed by atoms with Crippen LogP contribution in [0.2, 0.25) is 0 Å². The van der Waals surface area contributed by atoms with E-state index in [0.717, 1.165) is 23.5 Å². The van der Waals surface area contributed by atoms with Gasteiger partial charge in [-0.15, -0.1) is 0 Å². The number of hydrogen-bond acceptors (Lipinski definition) is 6. The molecule has 0 spiro atoms. The van der Waals surface area contributed by atoms with Gasteiger partial charge in [-0.05, 0) is 25.5 Å². The van der Waals surface area contributed by atoms with Crippen molar-refractivity contribution in [2.75, 3.05) is 17.7 Å². The summed E-state index contributed by atoms with van der Waals surface area (Å²) in [7, 11) is 1.36. The summed E-state index contributed by atoms with van der Waals surface area (Å²) in [6.07, 6.45) is 0.971. The van der Waals surface area contributed by atoms with Crippen molar-refractivity contribution in [2.24, 2.45) is 0 Å². The molecule has 2 aromatic carbocycles. The monoisotopic (exact) mass is 376 g/mol. The quantitative estimate of drug-likeness (QED) is 0.572. The number of aromatic nitrogens is 2. The fraction of sp³-hybridized carbons (Fsp3) is 0.227. The molecule has 6 nitrogen and oxygen atoms in total. The van der Waals surface area contributed by atoms with Gasteiger partial charge < -0.3 is 15.4 Å². The maximum Gasteiger partial charge on any atom is 0.339 e. The first-order chi connectivity index (χ1) is 13.6. The van der Waals surface area contributed by atoms with Gasteiger partial charge in [-0.2, -0.15) is 4.98 Å². The molecule has 0 fully saturated rings. The number of esters is 1. The molecule has 6 heteroatoms. The summed E-state index contributed by atoms with van der Waals surface area (Å²) >= 11 is 0. The van der Waals surface area contributed by atoms with Gasteiger partial charge in [0.25, 0.3) is 0 Å². The molecule has 1 unspecified atom stereocenters. The minimum atomic E-state index is -0.416. The van der Waals surface area contributed by atoms with Crippen molar-refractivity contribution in [1.82, 2.24) is 9.97 Å². The summed E-state index contributed by atoms with van der Waals surface area (Å²) < 4.78 is 4.87. The fourth-order valence-corrected chi connectivity index (χ4v) is 2.69. The third-order valence-electron chi connectivity index (χ3n) is 4.38. The van der Waals surface area contributed by atoms with E-state index >= 15 is 0 Å². The highest BCUT2D eigenvalue weighted by Gasteiger charge is 2.14. The first kappa shape index (κ1) is 19.4. The molecule has 3 aromatic rings. The van der Waals surface area contributed by atoms with Gasteiger partial charge in [-0.3, -0.25) is 0 Å². The van der Waals surface area contributed by atoms with Crippen molar-refractivity contribution in [3.63, 3.8) is 0 Å². The Morgan fingerprint density at radius 1 is 1.07 bits per heavy atom. The molecule has 0 bridgehead atoms. The van der Waals surface area contributed by atoms with E-state index in [2.05, 4.69) is 34.4 Å². The zero-order chi connectivity index (χ0) is 19.9. The summed E-state index contributed by atoms with van der Waals surface area (Å²) in [6, 6.07) is 19.2. The highest BCUT2D eigenvalue weighted by molar-refractivity contribution is 5.96. The van der Waals surface area contributed by atoms with Gasteiger partial charge in [-0.25, -0.2) is 9.78 Å². The first-order valence-corrected chi connectivity index (χ1v) is 9.26. The number of carbonyl (C=O) groups is 1. The Morgan fingerprint density at radius 3 is 2.50 bits per heavy atom. The van der Waals surface area contributed by atoms with Gasteiger partial charge in [0.15, 0.2) is 0 Å². The predicted octanol–water partition coefficient (Wildman–Crippen LogP) is 4.88. The van der Waals surface area contributed by atoms with E-state index in [0.29, 0.717) is 17.2 Å². The van der Waals surface area contributed by atoms with Crippen molar-refractivity contribution >= 4 is 23.4 Å². The van der Waals surface area contributed by atoms with E-state index in [1.54, 1.807) is 18.2 Å². The van der Waals surface area contributed by atoms with Crippen molar-refractivity contribution in [3.8, 4) is 11.3 Å². The molecule has 1 atom stereocenters. The minimum Gasteiger partial charge on any atom is -0.465 e. The molecule has 0 aliphatic rings. The fourth-order valence-electron chi connectivity index (χ4n) is 2.69. The normalized spacial score (nSPS) is 11.5. The van der Waals surface area contributed by atoms with E-state index in [-0.39, 0.29) is 6.04 Å². The number of ether oxygens (including phenoxy) is 1. The first-order valence-electron chi connectivity index (χ1n) is 9.26. The number of nitrogens with zero attached hydrogens (tertiary/aromatic N) is 2. The van der Waals surface area contributed by atoms with Gasteiger partial charge in [0, 0.05) is 17.7 Å². The number of hydrogen-bond donors (Lipinski definition) is 2. The number of carbonyl (C=O) groups excluding carboxylic acids is 1. The Hall–Kier alpha value is -3.41. The van der Waals surface area contributed by atoms with Crippen LogP contribution in [0.15, 0.2) is 60.7 Å². The van der Waals surface area contributed by atoms with E-state index in [1.807, 2.05) is 42.5 Å². The second kappa shape index (κ2) is 8.99. The molecule has 0 aliphatic heterocycles. The van der Waals surface area contributed by atoms with Gasteiger partial charge in [0.1, 0.15) is 5.82 Å². The van der Waals surface area contributed by atoms with Crippen LogP contribution in [0.3, 0.4) is 0 Å². The zero-order valence-corrected chi connectivity index (χ0v) is 16.3. The van der Waals surface area contributed by atoms with Gasteiger partial charge in [0.2, 0.25) is 5.95 Å². The average Bonchev–Trinajstić information content (AvgIpc) is 2.74. The topological polar surface area (TPSA) is 76.1 Å². The standard InChI is InChI=1S/C22H24N4O2/c1-4-15(2)23-20-14-19(16-10-6-5-7-11-16)25-22(26-20)24-18-13-9-8-12-17(18)21(27)28-3/h5-15H,4H2,1-3H3,(H2,23,24,25,26). The molecule has 0 aliphatic carbocycles. The van der Waals surface area contributed by atoms with E-state index < -0.39 is 5.97 Å². The zero-order valence-electron chi connectivity index (χ0n) is 16.3. The van der Waals surface area contributed by atoms with Gasteiger partial charge in [-0.1, -0.05) is 49.4 Å². The second-order valence-corrected chi connectivity index (χ2v) is 6.44. The summed E-state index contributed by atoms with van der Waals surface area (Å²) in [6.45, 7) is 4.21. The summed E-state index contributed by atoms with van der Waals surface area (Å²) in [4.78, 5) is 21.3. The van der Waals surface area contributed by atoms with Crippen LogP contribution in [0.25, 0.3) is 11.3 Å². The lowest BCUT2D eigenvalue weighted by Gasteiger charge is -2.15. The highest BCUT2D eigenvalue weighted by Crippen LogP contribution is 2.25. The largest absolute Gasteiger partial charge is 0.465 e. The Kier molecular flexibility index (Phi) is 6.22. The van der Waals surface area contributed by atoms with Crippen LogP contribution in [0.4, 0.5) is 17.5 Å². The Morgan fingerprint density at radius 2 is 1.79 bits per heavy atom. The molecule has 144 valence electrons. The lowest BCUT2D eigenvalue weighted by Crippen LogP contribution is -2.15. The predicted molar refractivity (Wildman–Crippen MR) is 112 cm³/mol. The molecule has 0 amide bonds. The maximum absolute atomic E-state index is 12.0. The lowest BCUT2D eigenvalue weighted by atomic mass is 10.1. The van der Waals surface area contributed by atoms with Crippen LogP contribution in [-0.4, -0.2) is 29.1 Å². The molecular formula is C22H24N4O2. The van der Waals surface area contributed by atoms with Crippen LogP contribution in [0.1, 0.15) is 30.6 Å². The third kappa shape index (κ3) is 4.65. The molecule has 0 saturated heterocycles. The van der Waals surface area contributed by atoms with Crippen molar-refractivity contribution in [1.29, 1.82) is 0 Å². The SMILES string of the molecule is CCC(C)Nc1cc(-c2ccccc2)nc(Nc2ccccc2C(=O)OC)n1. The number of anilines is 3. The third-order valence-corrected chi connectivity index (χ3v) is 4.38. The molecule has 3 rings (SSSR count). The molecule has 1 heterocycles. The smallest absolute Gasteiger partial charge is 0.339 e. The highest BCUT2D eigenvalue weighted by atomic mass is 16.5. The number of benzene rings is 2. The summed E-state index contributed by atoms with van der Waals surface area (Å²) in [5, 5.41) is 6.56. The Labute approximate surface area is 165 Å². The summed E-state index contributed by atoms with van der Waals surface area (Å²) in [5.74, 6) is 0.713. The average molecular weight is 376 g/mol. The minimum absolute atomic E-state index is 0.272. The molecule has 28 heavy (non-hydrogen) atoms. The van der Waals surface area contributed by atoms with Gasteiger partial charge in [0.05, 0.1) is 24.1 Å². The van der Waals surface area contributed by atoms with Gasteiger partial charge >= 0.3 is 5.97 Å². The molecule has 2 N–H and O–H groups in total. The number of methoxy groups -OCH3 is 1. The van der Waals surface area contributed by atoms with Crippen LogP contribution in [0.5, 0.6) is 0 Å². The molecule has 0 radical (unpaired) electrons. The molecule has 0 saturated carbocycles. The summed E-state index contributed by atoms with van der Waals surface area (Å²) in [5.41, 5.74) is 2.80. The van der Waals surface area contributed by atoms with Crippen LogP contribution >= 0.6 is 0 Å². The number of rotatable bonds is 7. The lowest BCUT2D eigenvalue weighted by molar-refractivity contribution is 0.0602. The van der Waals surface area contributed by atoms with Crippen LogP contribution < -0.4 is 10.6 Å². The Bertz CT molecular complexity index is 944.